The molecule has 1 amide bonds. The van der Waals surface area contributed by atoms with Gasteiger partial charge < -0.3 is 14.6 Å². The first-order chi connectivity index (χ1) is 8.31. The Kier molecular flexibility index (Phi) is 3.45. The van der Waals surface area contributed by atoms with Gasteiger partial charge in [-0.2, -0.15) is 0 Å². The number of aromatic nitrogens is 1. The van der Waals surface area contributed by atoms with E-state index in [0.717, 1.165) is 11.3 Å². The van der Waals surface area contributed by atoms with Crippen LogP contribution < -0.4 is 5.32 Å². The molecular formula is C13H14N2O2. The second-order valence-corrected chi connectivity index (χ2v) is 3.56. The number of hydrogen-bond acceptors (Lipinski definition) is 2. The molecule has 0 aliphatic carbocycles. The maximum atomic E-state index is 11.0. The van der Waals surface area contributed by atoms with Gasteiger partial charge in [0.05, 0.1) is 7.11 Å². The standard InChI is InChI=1S/C13H14N2O2/c1-17-13(16)14-10-11-6-2-3-7-12(11)15-8-4-5-9-15/h2-9H,10H2,1H3,(H,14,16). The van der Waals surface area contributed by atoms with E-state index in [-0.39, 0.29) is 0 Å². The number of methoxy groups -OCH3 is 1. The van der Waals surface area contributed by atoms with Gasteiger partial charge in [-0.1, -0.05) is 18.2 Å². The Bertz CT molecular complexity index is 492. The van der Waals surface area contributed by atoms with Gasteiger partial charge in [0.2, 0.25) is 0 Å². The number of hydrogen-bond donors (Lipinski definition) is 1. The molecule has 1 aromatic carbocycles. The quantitative estimate of drug-likeness (QED) is 0.879. The number of amides is 1. The van der Waals surface area contributed by atoms with Crippen LogP contribution in [0.1, 0.15) is 5.56 Å². The lowest BCUT2D eigenvalue weighted by molar-refractivity contribution is 0.170. The van der Waals surface area contributed by atoms with Crippen LogP contribution in [-0.2, 0) is 11.3 Å². The maximum Gasteiger partial charge on any atom is 0.407 e. The van der Waals surface area contributed by atoms with Crippen LogP contribution in [0.5, 0.6) is 0 Å². The van der Waals surface area contributed by atoms with Crippen molar-refractivity contribution in [1.82, 2.24) is 9.88 Å². The van der Waals surface area contributed by atoms with Crippen molar-refractivity contribution in [3.63, 3.8) is 0 Å². The van der Waals surface area contributed by atoms with Crippen LogP contribution in [0.25, 0.3) is 5.69 Å². The Hall–Kier alpha value is -2.23. The van der Waals surface area contributed by atoms with Crippen LogP contribution in [0.3, 0.4) is 0 Å². The number of para-hydroxylation sites is 1. The van der Waals surface area contributed by atoms with E-state index in [2.05, 4.69) is 10.1 Å². The van der Waals surface area contributed by atoms with E-state index >= 15 is 0 Å². The summed E-state index contributed by atoms with van der Waals surface area (Å²) in [4.78, 5) is 11.0. The monoisotopic (exact) mass is 230 g/mol. The molecule has 0 unspecified atom stereocenters. The van der Waals surface area contributed by atoms with Crippen molar-refractivity contribution in [2.75, 3.05) is 7.11 Å². The Labute approximate surface area is 99.8 Å². The van der Waals surface area contributed by atoms with Gasteiger partial charge in [0.15, 0.2) is 0 Å². The van der Waals surface area contributed by atoms with Gasteiger partial charge in [0, 0.05) is 24.6 Å². The minimum atomic E-state index is -0.424. The number of nitrogens with zero attached hydrogens (tertiary/aromatic N) is 1. The van der Waals surface area contributed by atoms with Crippen molar-refractivity contribution in [3.8, 4) is 5.69 Å². The number of rotatable bonds is 3. The first-order valence-electron chi connectivity index (χ1n) is 5.34. The Morgan fingerprint density at radius 3 is 2.65 bits per heavy atom. The lowest BCUT2D eigenvalue weighted by atomic mass is 10.2. The zero-order valence-electron chi connectivity index (χ0n) is 9.59. The third-order valence-corrected chi connectivity index (χ3v) is 2.48. The molecule has 0 saturated carbocycles. The fourth-order valence-corrected chi connectivity index (χ4v) is 1.65. The molecule has 0 fully saturated rings. The molecule has 88 valence electrons. The number of carbonyl (C=O) groups is 1. The van der Waals surface area contributed by atoms with E-state index in [1.807, 2.05) is 53.4 Å². The van der Waals surface area contributed by atoms with E-state index in [9.17, 15) is 4.79 Å². The van der Waals surface area contributed by atoms with Gasteiger partial charge in [-0.05, 0) is 23.8 Å². The predicted molar refractivity (Wildman–Crippen MR) is 65.0 cm³/mol. The number of alkyl carbamates (subject to hydrolysis) is 1. The lowest BCUT2D eigenvalue weighted by Gasteiger charge is -2.10. The van der Waals surface area contributed by atoms with Gasteiger partial charge in [-0.25, -0.2) is 4.79 Å². The summed E-state index contributed by atoms with van der Waals surface area (Å²) in [6, 6.07) is 11.8. The second kappa shape index (κ2) is 5.21. The highest BCUT2D eigenvalue weighted by Crippen LogP contribution is 2.14. The summed E-state index contributed by atoms with van der Waals surface area (Å²) in [5, 5.41) is 2.68. The second-order valence-electron chi connectivity index (χ2n) is 3.56. The number of benzene rings is 1. The molecular weight excluding hydrogens is 216 g/mol. The summed E-state index contributed by atoms with van der Waals surface area (Å²) in [6.07, 6.45) is 3.51. The normalized spacial score (nSPS) is 9.94. The van der Waals surface area contributed by atoms with E-state index in [0.29, 0.717) is 6.54 Å². The molecule has 1 heterocycles. The zero-order chi connectivity index (χ0) is 12.1. The van der Waals surface area contributed by atoms with Crippen molar-refractivity contribution in [1.29, 1.82) is 0 Å². The Balaban J connectivity index is 2.20. The largest absolute Gasteiger partial charge is 0.453 e. The minimum absolute atomic E-state index is 0.424. The van der Waals surface area contributed by atoms with Gasteiger partial charge >= 0.3 is 6.09 Å². The van der Waals surface area contributed by atoms with Crippen molar-refractivity contribution in [2.45, 2.75) is 6.54 Å². The zero-order valence-corrected chi connectivity index (χ0v) is 9.59. The molecule has 0 aliphatic heterocycles. The molecule has 0 radical (unpaired) electrons. The van der Waals surface area contributed by atoms with Crippen molar-refractivity contribution < 1.29 is 9.53 Å². The summed E-state index contributed by atoms with van der Waals surface area (Å²) in [7, 11) is 1.35. The molecule has 4 nitrogen and oxygen atoms in total. The van der Waals surface area contributed by atoms with Crippen LogP contribution >= 0.6 is 0 Å². The number of ether oxygens (including phenoxy) is 1. The molecule has 0 spiro atoms. The molecule has 0 bridgehead atoms. The average Bonchev–Trinajstić information content (AvgIpc) is 2.90. The summed E-state index contributed by atoms with van der Waals surface area (Å²) >= 11 is 0. The SMILES string of the molecule is COC(=O)NCc1ccccc1-n1cccc1. The molecule has 2 aromatic rings. The van der Waals surface area contributed by atoms with E-state index in [1.54, 1.807) is 0 Å². The van der Waals surface area contributed by atoms with Gasteiger partial charge in [0.25, 0.3) is 0 Å². The summed E-state index contributed by atoms with van der Waals surface area (Å²) < 4.78 is 6.55. The van der Waals surface area contributed by atoms with Gasteiger partial charge in [-0.3, -0.25) is 0 Å². The average molecular weight is 230 g/mol. The molecule has 4 heteroatoms. The molecule has 17 heavy (non-hydrogen) atoms. The third kappa shape index (κ3) is 2.66. The van der Waals surface area contributed by atoms with Crippen LogP contribution in [-0.4, -0.2) is 17.8 Å². The topological polar surface area (TPSA) is 43.3 Å². The van der Waals surface area contributed by atoms with E-state index in [4.69, 9.17) is 0 Å². The molecule has 0 aliphatic rings. The number of carbonyl (C=O) groups excluding carboxylic acids is 1. The maximum absolute atomic E-state index is 11.0. The van der Waals surface area contributed by atoms with E-state index < -0.39 is 6.09 Å². The van der Waals surface area contributed by atoms with Crippen molar-refractivity contribution in [3.05, 3.63) is 54.4 Å². The Morgan fingerprint density at radius 1 is 1.24 bits per heavy atom. The lowest BCUT2D eigenvalue weighted by Crippen LogP contribution is -2.22. The summed E-state index contributed by atoms with van der Waals surface area (Å²) in [5.74, 6) is 0. The fraction of sp³-hybridized carbons (Fsp3) is 0.154. The molecule has 0 atom stereocenters. The van der Waals surface area contributed by atoms with Crippen LogP contribution in [0.15, 0.2) is 48.8 Å². The number of nitrogens with one attached hydrogen (secondary N) is 1. The summed E-state index contributed by atoms with van der Waals surface area (Å²) in [5.41, 5.74) is 2.09. The third-order valence-electron chi connectivity index (χ3n) is 2.48. The van der Waals surface area contributed by atoms with Gasteiger partial charge in [0.1, 0.15) is 0 Å². The molecule has 1 aromatic heterocycles. The first-order valence-corrected chi connectivity index (χ1v) is 5.34. The highest BCUT2D eigenvalue weighted by atomic mass is 16.5. The van der Waals surface area contributed by atoms with Gasteiger partial charge in [-0.15, -0.1) is 0 Å². The molecule has 0 saturated heterocycles. The van der Waals surface area contributed by atoms with Crippen LogP contribution in [0, 0.1) is 0 Å². The van der Waals surface area contributed by atoms with Crippen LogP contribution in [0.4, 0.5) is 4.79 Å². The highest BCUT2D eigenvalue weighted by molar-refractivity contribution is 5.67. The first kappa shape index (κ1) is 11.3. The van der Waals surface area contributed by atoms with E-state index in [1.165, 1.54) is 7.11 Å². The minimum Gasteiger partial charge on any atom is -0.453 e. The smallest absolute Gasteiger partial charge is 0.407 e. The molecule has 2 rings (SSSR count). The fourth-order valence-electron chi connectivity index (χ4n) is 1.65. The molecule has 1 N–H and O–H groups in total. The van der Waals surface area contributed by atoms with Crippen molar-refractivity contribution >= 4 is 6.09 Å². The highest BCUT2D eigenvalue weighted by Gasteiger charge is 2.04. The predicted octanol–water partition coefficient (Wildman–Crippen LogP) is 2.33. The van der Waals surface area contributed by atoms with Crippen molar-refractivity contribution in [2.24, 2.45) is 0 Å². The Morgan fingerprint density at radius 2 is 1.94 bits per heavy atom. The van der Waals surface area contributed by atoms with Crippen LogP contribution in [0.2, 0.25) is 0 Å². The summed E-state index contributed by atoms with van der Waals surface area (Å²) in [6.45, 7) is 0.445.